The van der Waals surface area contributed by atoms with Crippen LogP contribution in [0.25, 0.3) is 22.2 Å². The molecule has 0 saturated carbocycles. The van der Waals surface area contributed by atoms with Crippen molar-refractivity contribution in [1.29, 1.82) is 0 Å². The number of nitrogens with two attached hydrogens (primary N) is 1. The van der Waals surface area contributed by atoms with E-state index in [2.05, 4.69) is 11.1 Å². The fourth-order valence-corrected chi connectivity index (χ4v) is 2.56. The van der Waals surface area contributed by atoms with Gasteiger partial charge in [-0.05, 0) is 50.1 Å². The Labute approximate surface area is 129 Å². The summed E-state index contributed by atoms with van der Waals surface area (Å²) in [6.45, 7) is 0.686. The second-order valence-corrected chi connectivity index (χ2v) is 5.29. The van der Waals surface area contributed by atoms with Crippen LogP contribution >= 0.6 is 0 Å². The van der Waals surface area contributed by atoms with E-state index in [0.717, 1.165) is 47.1 Å². The van der Waals surface area contributed by atoms with Crippen LogP contribution in [0.5, 0.6) is 0 Å². The molecule has 0 aliphatic carbocycles. The van der Waals surface area contributed by atoms with Crippen LogP contribution < -0.4 is 5.73 Å². The number of halogens is 1. The van der Waals surface area contributed by atoms with Crippen LogP contribution in [0.15, 0.2) is 48.7 Å². The van der Waals surface area contributed by atoms with E-state index >= 15 is 0 Å². The monoisotopic (exact) mass is 295 g/mol. The molecule has 0 saturated heterocycles. The second-order valence-electron chi connectivity index (χ2n) is 5.29. The van der Waals surface area contributed by atoms with Gasteiger partial charge in [0, 0.05) is 22.8 Å². The highest BCUT2D eigenvalue weighted by atomic mass is 19.1. The van der Waals surface area contributed by atoms with Gasteiger partial charge in [0.2, 0.25) is 0 Å². The molecule has 3 aromatic rings. The fraction of sp³-hybridized carbons (Fsp3) is 0.222. The van der Waals surface area contributed by atoms with Gasteiger partial charge in [0.05, 0.1) is 11.2 Å². The van der Waals surface area contributed by atoms with Crippen molar-refractivity contribution in [1.82, 2.24) is 9.97 Å². The molecule has 112 valence electrons. The molecule has 3 nitrogen and oxygen atoms in total. The molecule has 2 N–H and O–H groups in total. The van der Waals surface area contributed by atoms with E-state index in [1.807, 2.05) is 18.2 Å². The zero-order chi connectivity index (χ0) is 15.4. The van der Waals surface area contributed by atoms with Crippen LogP contribution in [0.3, 0.4) is 0 Å². The summed E-state index contributed by atoms with van der Waals surface area (Å²) in [4.78, 5) is 9.13. The minimum Gasteiger partial charge on any atom is -0.330 e. The van der Waals surface area contributed by atoms with Crippen molar-refractivity contribution in [2.45, 2.75) is 19.3 Å². The van der Waals surface area contributed by atoms with Gasteiger partial charge in [0.25, 0.3) is 0 Å². The maximum Gasteiger partial charge on any atom is 0.123 e. The van der Waals surface area contributed by atoms with Crippen molar-refractivity contribution in [3.63, 3.8) is 0 Å². The van der Waals surface area contributed by atoms with Crippen molar-refractivity contribution in [3.8, 4) is 11.3 Å². The predicted octanol–water partition coefficient (Wildman–Crippen LogP) is 3.72. The van der Waals surface area contributed by atoms with Crippen LogP contribution in [0.1, 0.15) is 18.5 Å². The zero-order valence-electron chi connectivity index (χ0n) is 12.3. The highest BCUT2D eigenvalue weighted by Crippen LogP contribution is 2.27. The average Bonchev–Trinajstić information content (AvgIpc) is 2.54. The number of aryl methyl sites for hydroxylation is 1. The normalized spacial score (nSPS) is 11.0. The number of nitrogens with zero attached hydrogens (tertiary/aromatic N) is 2. The molecule has 1 aromatic carbocycles. The molecule has 2 heterocycles. The molecule has 0 unspecified atom stereocenters. The number of benzene rings is 1. The Morgan fingerprint density at radius 1 is 1.05 bits per heavy atom. The smallest absolute Gasteiger partial charge is 0.123 e. The molecule has 0 amide bonds. The first-order valence-corrected chi connectivity index (χ1v) is 7.48. The summed E-state index contributed by atoms with van der Waals surface area (Å²) in [6, 6.07) is 12.5. The predicted molar refractivity (Wildman–Crippen MR) is 86.9 cm³/mol. The first-order valence-electron chi connectivity index (χ1n) is 7.48. The highest BCUT2D eigenvalue weighted by molar-refractivity contribution is 5.91. The molecule has 0 bridgehead atoms. The number of hydrogen-bond acceptors (Lipinski definition) is 3. The molecule has 0 radical (unpaired) electrons. The highest BCUT2D eigenvalue weighted by Gasteiger charge is 2.10. The number of rotatable bonds is 5. The minimum atomic E-state index is -0.267. The van der Waals surface area contributed by atoms with Gasteiger partial charge in [0.1, 0.15) is 5.82 Å². The summed E-state index contributed by atoms with van der Waals surface area (Å²) in [5, 5.41) is 1.03. The Hall–Kier alpha value is -2.33. The van der Waals surface area contributed by atoms with Crippen LogP contribution in [-0.2, 0) is 6.42 Å². The van der Waals surface area contributed by atoms with Crippen molar-refractivity contribution >= 4 is 10.9 Å². The third-order valence-electron chi connectivity index (χ3n) is 3.63. The van der Waals surface area contributed by atoms with E-state index in [9.17, 15) is 4.39 Å². The zero-order valence-corrected chi connectivity index (χ0v) is 12.3. The Bertz CT molecular complexity index is 786. The summed E-state index contributed by atoms with van der Waals surface area (Å²) in [5.41, 5.74) is 8.83. The Morgan fingerprint density at radius 3 is 2.77 bits per heavy atom. The van der Waals surface area contributed by atoms with E-state index in [0.29, 0.717) is 6.54 Å². The van der Waals surface area contributed by atoms with E-state index in [4.69, 9.17) is 10.7 Å². The van der Waals surface area contributed by atoms with Gasteiger partial charge < -0.3 is 5.73 Å². The van der Waals surface area contributed by atoms with Gasteiger partial charge in [-0.25, -0.2) is 4.39 Å². The van der Waals surface area contributed by atoms with Gasteiger partial charge in [0.15, 0.2) is 0 Å². The summed E-state index contributed by atoms with van der Waals surface area (Å²) in [7, 11) is 0. The molecule has 0 aliphatic rings. The minimum absolute atomic E-state index is 0.267. The largest absolute Gasteiger partial charge is 0.330 e. The average molecular weight is 295 g/mol. The van der Waals surface area contributed by atoms with Crippen molar-refractivity contribution in [3.05, 3.63) is 60.2 Å². The first kappa shape index (κ1) is 14.6. The van der Waals surface area contributed by atoms with Gasteiger partial charge >= 0.3 is 0 Å². The molecular formula is C18H18FN3. The molecule has 2 aromatic heterocycles. The maximum absolute atomic E-state index is 13.5. The lowest BCUT2D eigenvalue weighted by Gasteiger charge is -2.09. The van der Waals surface area contributed by atoms with Crippen molar-refractivity contribution in [2.24, 2.45) is 5.73 Å². The summed E-state index contributed by atoms with van der Waals surface area (Å²) >= 11 is 0. The van der Waals surface area contributed by atoms with Crippen molar-refractivity contribution < 1.29 is 4.39 Å². The number of pyridine rings is 2. The van der Waals surface area contributed by atoms with Crippen LogP contribution in [0.2, 0.25) is 0 Å². The second kappa shape index (κ2) is 6.62. The maximum atomic E-state index is 13.5. The lowest BCUT2D eigenvalue weighted by molar-refractivity contribution is 0.628. The number of unbranched alkanes of at least 4 members (excludes halogenated alkanes) is 1. The van der Waals surface area contributed by atoms with Gasteiger partial charge in [-0.15, -0.1) is 0 Å². The van der Waals surface area contributed by atoms with Crippen LogP contribution in [-0.4, -0.2) is 16.5 Å². The standard InChI is InChI=1S/C18H18FN3/c19-15-7-3-5-13(11-15)18-17-14(6-4-10-21-17)12-16(22-18)8-1-2-9-20/h3-7,10-12H,1-2,8-9,20H2. The topological polar surface area (TPSA) is 51.8 Å². The quantitative estimate of drug-likeness (QED) is 0.730. The Balaban J connectivity index is 2.10. The molecule has 4 heteroatoms. The number of fused-ring (bicyclic) bond motifs is 1. The van der Waals surface area contributed by atoms with Crippen LogP contribution in [0.4, 0.5) is 4.39 Å². The van der Waals surface area contributed by atoms with E-state index in [1.165, 1.54) is 12.1 Å². The van der Waals surface area contributed by atoms with Crippen LogP contribution in [0, 0.1) is 5.82 Å². The summed E-state index contributed by atoms with van der Waals surface area (Å²) in [6.07, 6.45) is 4.57. The molecule has 22 heavy (non-hydrogen) atoms. The fourth-order valence-electron chi connectivity index (χ4n) is 2.56. The first-order chi connectivity index (χ1) is 10.8. The van der Waals surface area contributed by atoms with Gasteiger partial charge in [-0.3, -0.25) is 9.97 Å². The van der Waals surface area contributed by atoms with E-state index in [-0.39, 0.29) is 5.82 Å². The lowest BCUT2D eigenvalue weighted by atomic mass is 10.1. The Kier molecular flexibility index (Phi) is 4.39. The molecule has 0 fully saturated rings. The van der Waals surface area contributed by atoms with Gasteiger partial charge in [-0.1, -0.05) is 18.2 Å². The number of aromatic nitrogens is 2. The third kappa shape index (κ3) is 3.12. The molecule has 3 rings (SSSR count). The number of hydrogen-bond donors (Lipinski definition) is 1. The van der Waals surface area contributed by atoms with Gasteiger partial charge in [-0.2, -0.15) is 0 Å². The van der Waals surface area contributed by atoms with E-state index in [1.54, 1.807) is 12.3 Å². The summed E-state index contributed by atoms with van der Waals surface area (Å²) < 4.78 is 13.5. The van der Waals surface area contributed by atoms with E-state index < -0.39 is 0 Å². The third-order valence-corrected chi connectivity index (χ3v) is 3.63. The lowest BCUT2D eigenvalue weighted by Crippen LogP contribution is -2.01. The molecular weight excluding hydrogens is 277 g/mol. The van der Waals surface area contributed by atoms with Crippen molar-refractivity contribution in [2.75, 3.05) is 6.54 Å². The SMILES string of the molecule is NCCCCc1cc2cccnc2c(-c2cccc(F)c2)n1. The molecule has 0 spiro atoms. The molecule has 0 atom stereocenters. The Morgan fingerprint density at radius 2 is 1.95 bits per heavy atom. The molecule has 0 aliphatic heterocycles. The summed E-state index contributed by atoms with van der Waals surface area (Å²) in [5.74, 6) is -0.267.